The van der Waals surface area contributed by atoms with E-state index in [1.807, 2.05) is 41.8 Å². The predicted molar refractivity (Wildman–Crippen MR) is 92.0 cm³/mol. The van der Waals surface area contributed by atoms with Crippen LogP contribution in [0.2, 0.25) is 0 Å². The number of ether oxygens (including phenoxy) is 2. The van der Waals surface area contributed by atoms with Crippen molar-refractivity contribution in [3.8, 4) is 17.2 Å². The van der Waals surface area contributed by atoms with Gasteiger partial charge >= 0.3 is 0 Å². The van der Waals surface area contributed by atoms with Crippen molar-refractivity contribution in [2.45, 2.75) is 0 Å². The molecule has 22 heavy (non-hydrogen) atoms. The van der Waals surface area contributed by atoms with Gasteiger partial charge in [0.25, 0.3) is 0 Å². The summed E-state index contributed by atoms with van der Waals surface area (Å²) in [5, 5.41) is 12.9. The van der Waals surface area contributed by atoms with Gasteiger partial charge in [-0.1, -0.05) is 12.2 Å². The molecule has 3 aromatic rings. The van der Waals surface area contributed by atoms with Crippen molar-refractivity contribution in [3.05, 3.63) is 52.9 Å². The number of aromatic hydroxyl groups is 1. The quantitative estimate of drug-likeness (QED) is 0.704. The second-order valence-corrected chi connectivity index (χ2v) is 5.80. The molecule has 0 bridgehead atoms. The van der Waals surface area contributed by atoms with Gasteiger partial charge in [0.05, 0.1) is 14.2 Å². The van der Waals surface area contributed by atoms with Gasteiger partial charge in [0, 0.05) is 16.2 Å². The molecule has 0 atom stereocenters. The summed E-state index contributed by atoms with van der Waals surface area (Å²) >= 11 is 1.62. The van der Waals surface area contributed by atoms with E-state index in [4.69, 9.17) is 9.47 Å². The number of hydrogen-bond acceptors (Lipinski definition) is 4. The van der Waals surface area contributed by atoms with Crippen LogP contribution < -0.4 is 9.47 Å². The minimum Gasteiger partial charge on any atom is -0.507 e. The highest BCUT2D eigenvalue weighted by molar-refractivity contribution is 7.17. The second-order valence-electron chi connectivity index (χ2n) is 4.85. The highest BCUT2D eigenvalue weighted by Gasteiger charge is 2.03. The Morgan fingerprint density at radius 3 is 2.18 bits per heavy atom. The molecule has 3 nitrogen and oxygen atoms in total. The molecule has 0 radical (unpaired) electrons. The molecule has 0 saturated carbocycles. The smallest absolute Gasteiger partial charge is 0.124 e. The molecule has 0 aliphatic rings. The first-order valence-corrected chi connectivity index (χ1v) is 7.69. The number of benzene rings is 2. The molecule has 1 N–H and O–H groups in total. The molecular weight excluding hydrogens is 296 g/mol. The average Bonchev–Trinajstić information content (AvgIpc) is 3.01. The van der Waals surface area contributed by atoms with Gasteiger partial charge in [-0.3, -0.25) is 0 Å². The molecule has 1 aromatic heterocycles. The lowest BCUT2D eigenvalue weighted by molar-refractivity contribution is 0.394. The minimum atomic E-state index is 0.307. The zero-order valence-electron chi connectivity index (χ0n) is 12.4. The number of methoxy groups -OCH3 is 2. The van der Waals surface area contributed by atoms with Crippen LogP contribution in [0.5, 0.6) is 17.2 Å². The highest BCUT2D eigenvalue weighted by Crippen LogP contribution is 2.31. The Bertz CT molecular complexity index is 811. The van der Waals surface area contributed by atoms with Crippen molar-refractivity contribution >= 4 is 33.6 Å². The van der Waals surface area contributed by atoms with E-state index in [1.165, 1.54) is 0 Å². The Morgan fingerprint density at radius 1 is 0.909 bits per heavy atom. The molecule has 2 aromatic carbocycles. The third kappa shape index (κ3) is 2.92. The van der Waals surface area contributed by atoms with Crippen molar-refractivity contribution in [1.82, 2.24) is 0 Å². The highest BCUT2D eigenvalue weighted by atomic mass is 32.1. The fraction of sp³-hybridized carbons (Fsp3) is 0.111. The minimum absolute atomic E-state index is 0.307. The molecule has 4 heteroatoms. The van der Waals surface area contributed by atoms with Crippen molar-refractivity contribution in [1.29, 1.82) is 0 Å². The van der Waals surface area contributed by atoms with Gasteiger partial charge < -0.3 is 14.6 Å². The summed E-state index contributed by atoms with van der Waals surface area (Å²) in [4.78, 5) is 0. The van der Waals surface area contributed by atoms with Gasteiger partial charge in [0.15, 0.2) is 0 Å². The van der Waals surface area contributed by atoms with Crippen molar-refractivity contribution in [2.75, 3.05) is 14.2 Å². The lowest BCUT2D eigenvalue weighted by Gasteiger charge is -2.06. The van der Waals surface area contributed by atoms with Crippen molar-refractivity contribution in [3.63, 3.8) is 0 Å². The second kappa shape index (κ2) is 6.12. The van der Waals surface area contributed by atoms with Crippen LogP contribution in [0.15, 0.2) is 41.8 Å². The van der Waals surface area contributed by atoms with Crippen LogP contribution in [0.1, 0.15) is 11.1 Å². The molecule has 0 saturated heterocycles. The molecule has 0 fully saturated rings. The number of phenols is 1. The molecule has 1 heterocycles. The summed E-state index contributed by atoms with van der Waals surface area (Å²) in [5.41, 5.74) is 1.93. The summed E-state index contributed by atoms with van der Waals surface area (Å²) < 4.78 is 11.6. The van der Waals surface area contributed by atoms with Crippen LogP contribution in [-0.2, 0) is 0 Å². The number of rotatable bonds is 4. The number of thiophene rings is 1. The van der Waals surface area contributed by atoms with Crippen LogP contribution in [0, 0.1) is 0 Å². The van der Waals surface area contributed by atoms with Crippen LogP contribution in [-0.4, -0.2) is 19.3 Å². The van der Waals surface area contributed by atoms with Crippen LogP contribution in [0.4, 0.5) is 0 Å². The van der Waals surface area contributed by atoms with Gasteiger partial charge in [0.1, 0.15) is 17.2 Å². The molecule has 0 amide bonds. The predicted octanol–water partition coefficient (Wildman–Crippen LogP) is 4.79. The van der Waals surface area contributed by atoms with E-state index in [-0.39, 0.29) is 0 Å². The standard InChI is InChI=1S/C18H16O3S/c1-20-14-7-12(8-15(11-14)21-2)3-4-13-9-17(19)16-5-6-22-18(16)10-13/h3-11,19H,1-2H3/b4-3+. The summed E-state index contributed by atoms with van der Waals surface area (Å²) in [6.45, 7) is 0. The number of fused-ring (bicyclic) bond motifs is 1. The number of phenolic OH excluding ortho intramolecular Hbond substituents is 1. The Balaban J connectivity index is 1.95. The van der Waals surface area contributed by atoms with Gasteiger partial charge in [-0.15, -0.1) is 11.3 Å². The molecular formula is C18H16O3S. The van der Waals surface area contributed by atoms with Gasteiger partial charge in [0.2, 0.25) is 0 Å². The van der Waals surface area contributed by atoms with Crippen LogP contribution in [0.25, 0.3) is 22.2 Å². The maximum Gasteiger partial charge on any atom is 0.124 e. The third-order valence-electron chi connectivity index (χ3n) is 3.41. The Labute approximate surface area is 133 Å². The topological polar surface area (TPSA) is 38.7 Å². The van der Waals surface area contributed by atoms with E-state index in [0.717, 1.165) is 32.7 Å². The van der Waals surface area contributed by atoms with E-state index < -0.39 is 0 Å². The van der Waals surface area contributed by atoms with Crippen LogP contribution in [0.3, 0.4) is 0 Å². The summed E-state index contributed by atoms with van der Waals surface area (Å²) in [7, 11) is 3.26. The Kier molecular flexibility index (Phi) is 4.02. The van der Waals surface area contributed by atoms with Crippen molar-refractivity contribution < 1.29 is 14.6 Å². The van der Waals surface area contributed by atoms with Crippen molar-refractivity contribution in [2.24, 2.45) is 0 Å². The summed E-state index contributed by atoms with van der Waals surface area (Å²) in [6, 6.07) is 11.5. The van der Waals surface area contributed by atoms with Gasteiger partial charge in [-0.2, -0.15) is 0 Å². The molecule has 0 spiro atoms. The molecule has 0 unspecified atom stereocenters. The summed E-state index contributed by atoms with van der Waals surface area (Å²) in [5.74, 6) is 1.80. The van der Waals surface area contributed by atoms with Gasteiger partial charge in [-0.05, 0) is 46.8 Å². The Morgan fingerprint density at radius 2 is 1.55 bits per heavy atom. The third-order valence-corrected chi connectivity index (χ3v) is 4.28. The fourth-order valence-corrected chi connectivity index (χ4v) is 3.14. The maximum atomic E-state index is 10.0. The van der Waals surface area contributed by atoms with E-state index in [0.29, 0.717) is 5.75 Å². The molecule has 0 aliphatic carbocycles. The van der Waals surface area contributed by atoms with Crippen LogP contribution >= 0.6 is 11.3 Å². The first kappa shape index (κ1) is 14.5. The SMILES string of the molecule is COc1cc(/C=C/c2cc(O)c3ccsc3c2)cc(OC)c1. The zero-order chi connectivity index (χ0) is 15.5. The first-order chi connectivity index (χ1) is 10.7. The van der Waals surface area contributed by atoms with E-state index in [1.54, 1.807) is 31.6 Å². The molecule has 112 valence electrons. The molecule has 0 aliphatic heterocycles. The first-order valence-electron chi connectivity index (χ1n) is 6.81. The van der Waals surface area contributed by atoms with E-state index in [2.05, 4.69) is 6.07 Å². The molecule has 3 rings (SSSR count). The lowest BCUT2D eigenvalue weighted by atomic mass is 10.1. The average molecular weight is 312 g/mol. The monoisotopic (exact) mass is 312 g/mol. The largest absolute Gasteiger partial charge is 0.507 e. The normalized spacial score (nSPS) is 11.2. The lowest BCUT2D eigenvalue weighted by Crippen LogP contribution is -1.88. The zero-order valence-corrected chi connectivity index (χ0v) is 13.2. The fourth-order valence-electron chi connectivity index (χ4n) is 2.29. The summed E-state index contributed by atoms with van der Waals surface area (Å²) in [6.07, 6.45) is 3.94. The maximum absolute atomic E-state index is 10.0. The van der Waals surface area contributed by atoms with E-state index >= 15 is 0 Å². The van der Waals surface area contributed by atoms with E-state index in [9.17, 15) is 5.11 Å². The Hall–Kier alpha value is -2.46. The number of hydrogen-bond donors (Lipinski definition) is 1. The van der Waals surface area contributed by atoms with Gasteiger partial charge in [-0.25, -0.2) is 0 Å².